The lowest BCUT2D eigenvalue weighted by Gasteiger charge is -2.24. The summed E-state index contributed by atoms with van der Waals surface area (Å²) >= 11 is 12.8. The van der Waals surface area contributed by atoms with Crippen molar-refractivity contribution in [1.82, 2.24) is 20.6 Å². The molecule has 2 heterocycles. The summed E-state index contributed by atoms with van der Waals surface area (Å²) in [4.78, 5) is 44.5. The molecule has 0 aliphatic carbocycles. The Balaban J connectivity index is 1.73. The van der Waals surface area contributed by atoms with E-state index in [0.717, 1.165) is 0 Å². The summed E-state index contributed by atoms with van der Waals surface area (Å²) in [7, 11) is 0. The quantitative estimate of drug-likeness (QED) is 0.662. The summed E-state index contributed by atoms with van der Waals surface area (Å²) < 4.78 is 0. The van der Waals surface area contributed by atoms with Crippen LogP contribution in [0.2, 0.25) is 10.0 Å². The number of benzene rings is 1. The van der Waals surface area contributed by atoms with Gasteiger partial charge in [0.15, 0.2) is 0 Å². The maximum Gasteiger partial charge on any atom is 0.234 e. The second-order valence-corrected chi connectivity index (χ2v) is 8.51. The molecule has 8 nitrogen and oxygen atoms in total. The number of imide groups is 1. The number of carbonyl (C=O) groups is 3. The van der Waals surface area contributed by atoms with Gasteiger partial charge in [0.25, 0.3) is 0 Å². The first-order chi connectivity index (χ1) is 14.6. The number of hydrogen-bond acceptors (Lipinski definition) is 6. The van der Waals surface area contributed by atoms with Gasteiger partial charge < -0.3 is 5.32 Å². The molecular formula is C21H19Cl2N5O3. The fourth-order valence-electron chi connectivity index (χ4n) is 3.25. The molecular weight excluding hydrogens is 441 g/mol. The minimum absolute atomic E-state index is 0.146. The smallest absolute Gasteiger partial charge is 0.234 e. The molecule has 0 saturated carbocycles. The van der Waals surface area contributed by atoms with E-state index in [9.17, 15) is 14.4 Å². The van der Waals surface area contributed by atoms with E-state index >= 15 is 0 Å². The van der Waals surface area contributed by atoms with Crippen molar-refractivity contribution in [1.29, 1.82) is 5.26 Å². The van der Waals surface area contributed by atoms with Gasteiger partial charge in [-0.3, -0.25) is 19.7 Å². The van der Waals surface area contributed by atoms with E-state index in [1.54, 1.807) is 26.0 Å². The zero-order chi connectivity index (χ0) is 22.8. The van der Waals surface area contributed by atoms with Crippen LogP contribution in [0.25, 0.3) is 0 Å². The van der Waals surface area contributed by atoms with Crippen LogP contribution < -0.4 is 10.6 Å². The van der Waals surface area contributed by atoms with Crippen molar-refractivity contribution in [2.45, 2.75) is 44.6 Å². The maximum absolute atomic E-state index is 12.7. The number of nitriles is 1. The van der Waals surface area contributed by atoms with Gasteiger partial charge in [0.05, 0.1) is 11.5 Å². The van der Waals surface area contributed by atoms with Crippen molar-refractivity contribution < 1.29 is 14.4 Å². The van der Waals surface area contributed by atoms with Crippen LogP contribution in [0.15, 0.2) is 24.5 Å². The molecule has 2 aromatic rings. The van der Waals surface area contributed by atoms with Crippen LogP contribution in [-0.2, 0) is 26.3 Å². The number of amides is 3. The third kappa shape index (κ3) is 4.84. The highest BCUT2D eigenvalue weighted by Crippen LogP contribution is 2.37. The topological polar surface area (TPSA) is 125 Å². The largest absolute Gasteiger partial charge is 0.351 e. The predicted molar refractivity (Wildman–Crippen MR) is 113 cm³/mol. The summed E-state index contributed by atoms with van der Waals surface area (Å²) in [6.45, 7) is 3.50. The molecule has 1 aliphatic heterocycles. The number of nitrogens with zero attached hydrogens (tertiary/aromatic N) is 3. The van der Waals surface area contributed by atoms with Crippen molar-refractivity contribution >= 4 is 40.9 Å². The molecule has 2 N–H and O–H groups in total. The Bertz CT molecular complexity index is 1070. The minimum atomic E-state index is -1.03. The number of aromatic nitrogens is 2. The maximum atomic E-state index is 12.7. The van der Waals surface area contributed by atoms with Crippen molar-refractivity contribution in [2.24, 2.45) is 0 Å². The lowest BCUT2D eigenvalue weighted by Crippen LogP contribution is -2.41. The first kappa shape index (κ1) is 22.7. The zero-order valence-corrected chi connectivity index (χ0v) is 18.3. The fourth-order valence-corrected chi connectivity index (χ4v) is 4.05. The lowest BCUT2D eigenvalue weighted by atomic mass is 9.89. The number of rotatable bonds is 5. The Kier molecular flexibility index (Phi) is 6.58. The molecule has 1 fully saturated rings. The zero-order valence-electron chi connectivity index (χ0n) is 16.8. The molecule has 1 aliphatic rings. The summed E-state index contributed by atoms with van der Waals surface area (Å²) in [5, 5.41) is 14.5. The number of piperidine rings is 1. The Morgan fingerprint density at radius 3 is 2.42 bits per heavy atom. The molecule has 1 saturated heterocycles. The molecule has 160 valence electrons. The molecule has 1 atom stereocenters. The van der Waals surface area contributed by atoms with Crippen LogP contribution in [0.1, 0.15) is 55.1 Å². The molecule has 3 amide bonds. The molecule has 3 rings (SSSR count). The fraction of sp³-hybridized carbons (Fsp3) is 0.333. The van der Waals surface area contributed by atoms with Gasteiger partial charge in [-0.15, -0.1) is 0 Å². The molecule has 0 bridgehead atoms. The third-order valence-electron chi connectivity index (χ3n) is 5.09. The van der Waals surface area contributed by atoms with Crippen molar-refractivity contribution in [3.05, 3.63) is 57.1 Å². The SMILES string of the molecule is CC(C)(C(=O)NCc1cc(Cl)c([C@@H]2CCC(=O)NC2=O)c(Cl)c1)c1ncc(C#N)cn1. The van der Waals surface area contributed by atoms with Crippen LogP contribution in [0.5, 0.6) is 0 Å². The van der Waals surface area contributed by atoms with Gasteiger partial charge in [0.1, 0.15) is 17.3 Å². The molecule has 10 heteroatoms. The van der Waals surface area contributed by atoms with Crippen LogP contribution in [0.4, 0.5) is 0 Å². The second-order valence-electron chi connectivity index (χ2n) is 7.69. The highest BCUT2D eigenvalue weighted by Gasteiger charge is 2.33. The molecule has 0 unspecified atom stereocenters. The molecule has 0 spiro atoms. The minimum Gasteiger partial charge on any atom is -0.351 e. The van der Waals surface area contributed by atoms with E-state index in [2.05, 4.69) is 20.6 Å². The lowest BCUT2D eigenvalue weighted by molar-refractivity contribution is -0.134. The third-order valence-corrected chi connectivity index (χ3v) is 5.71. The normalized spacial score (nSPS) is 16.4. The van der Waals surface area contributed by atoms with Gasteiger partial charge in [-0.25, -0.2) is 9.97 Å². The molecule has 31 heavy (non-hydrogen) atoms. The van der Waals surface area contributed by atoms with Gasteiger partial charge in [0, 0.05) is 41.0 Å². The average molecular weight is 460 g/mol. The summed E-state index contributed by atoms with van der Waals surface area (Å²) in [5.41, 5.74) is 0.389. The van der Waals surface area contributed by atoms with E-state index in [-0.39, 0.29) is 30.6 Å². The standard InChI is InChI=1S/C21H19Cl2N5O3/c1-21(2,19-25-9-12(7-24)10-26-19)20(31)27-8-11-5-14(22)17(15(23)6-11)13-3-4-16(29)28-18(13)30/h5-6,9-10,13H,3-4,8H2,1-2H3,(H,27,31)(H,28,29,30)/t13-/m0/s1. The summed E-state index contributed by atoms with van der Waals surface area (Å²) in [6.07, 6.45) is 3.28. The second kappa shape index (κ2) is 9.00. The van der Waals surface area contributed by atoms with Crippen molar-refractivity contribution in [2.75, 3.05) is 0 Å². The Hall–Kier alpha value is -3.02. The monoisotopic (exact) mass is 459 g/mol. The van der Waals surface area contributed by atoms with Gasteiger partial charge in [0.2, 0.25) is 17.7 Å². The summed E-state index contributed by atoms with van der Waals surface area (Å²) in [6, 6.07) is 5.21. The number of halogens is 2. The highest BCUT2D eigenvalue weighted by atomic mass is 35.5. The molecule has 1 aromatic carbocycles. The first-order valence-electron chi connectivity index (χ1n) is 9.46. The van der Waals surface area contributed by atoms with Crippen LogP contribution in [0, 0.1) is 11.3 Å². The van der Waals surface area contributed by atoms with Gasteiger partial charge in [-0.2, -0.15) is 5.26 Å². The summed E-state index contributed by atoms with van der Waals surface area (Å²) in [5.74, 6) is -1.38. The van der Waals surface area contributed by atoms with Gasteiger partial charge in [-0.1, -0.05) is 23.2 Å². The number of nitrogens with one attached hydrogen (secondary N) is 2. The van der Waals surface area contributed by atoms with E-state index in [4.69, 9.17) is 28.5 Å². The van der Waals surface area contributed by atoms with Crippen LogP contribution in [-0.4, -0.2) is 27.7 Å². The van der Waals surface area contributed by atoms with Gasteiger partial charge >= 0.3 is 0 Å². The van der Waals surface area contributed by atoms with Crippen LogP contribution in [0.3, 0.4) is 0 Å². The number of hydrogen-bond donors (Lipinski definition) is 2. The highest BCUT2D eigenvalue weighted by molar-refractivity contribution is 6.36. The van der Waals surface area contributed by atoms with Gasteiger partial charge in [-0.05, 0) is 38.0 Å². The van der Waals surface area contributed by atoms with Crippen molar-refractivity contribution in [3.8, 4) is 6.07 Å². The van der Waals surface area contributed by atoms with E-state index in [0.29, 0.717) is 33.2 Å². The Morgan fingerprint density at radius 2 is 1.87 bits per heavy atom. The number of carbonyl (C=O) groups excluding carboxylic acids is 3. The first-order valence-corrected chi connectivity index (χ1v) is 10.2. The van der Waals surface area contributed by atoms with Crippen molar-refractivity contribution in [3.63, 3.8) is 0 Å². The van der Waals surface area contributed by atoms with E-state index in [1.165, 1.54) is 12.4 Å². The molecule has 0 radical (unpaired) electrons. The van der Waals surface area contributed by atoms with E-state index in [1.807, 2.05) is 6.07 Å². The Labute approximate surface area is 189 Å². The molecule has 1 aromatic heterocycles. The predicted octanol–water partition coefficient (Wildman–Crippen LogP) is 2.77. The Morgan fingerprint density at radius 1 is 1.26 bits per heavy atom. The van der Waals surface area contributed by atoms with E-state index < -0.39 is 17.2 Å². The van der Waals surface area contributed by atoms with Crippen LogP contribution >= 0.6 is 23.2 Å². The average Bonchev–Trinajstić information content (AvgIpc) is 2.73.